The SMILES string of the molecule is O=S1(=O)CC2CC1CN2CCO. The van der Waals surface area contributed by atoms with E-state index in [1.54, 1.807) is 0 Å². The summed E-state index contributed by atoms with van der Waals surface area (Å²) in [6, 6.07) is 0.187. The number of aliphatic hydroxyl groups is 1. The van der Waals surface area contributed by atoms with Crippen molar-refractivity contribution in [3.63, 3.8) is 0 Å². The molecule has 2 bridgehead atoms. The molecule has 0 aromatic heterocycles. The van der Waals surface area contributed by atoms with Crippen molar-refractivity contribution in [3.05, 3.63) is 0 Å². The molecule has 2 unspecified atom stereocenters. The lowest BCUT2D eigenvalue weighted by molar-refractivity contribution is 0.190. The highest BCUT2D eigenvalue weighted by molar-refractivity contribution is 7.92. The smallest absolute Gasteiger partial charge is 0.156 e. The fourth-order valence-electron chi connectivity index (χ4n) is 2.18. The molecule has 70 valence electrons. The predicted octanol–water partition coefficient (Wildman–Crippen LogP) is -1.15. The van der Waals surface area contributed by atoms with E-state index < -0.39 is 9.84 Å². The van der Waals surface area contributed by atoms with Gasteiger partial charge in [-0.2, -0.15) is 0 Å². The Morgan fingerprint density at radius 1 is 1.50 bits per heavy atom. The minimum absolute atomic E-state index is 0.128. The monoisotopic (exact) mass is 191 g/mol. The Kier molecular flexibility index (Phi) is 1.89. The van der Waals surface area contributed by atoms with Crippen LogP contribution in [0.5, 0.6) is 0 Å². The zero-order valence-electron chi connectivity index (χ0n) is 6.81. The molecule has 12 heavy (non-hydrogen) atoms. The van der Waals surface area contributed by atoms with Crippen molar-refractivity contribution in [2.75, 3.05) is 25.4 Å². The molecule has 2 fully saturated rings. The number of rotatable bonds is 2. The van der Waals surface area contributed by atoms with Gasteiger partial charge in [0, 0.05) is 19.1 Å². The highest BCUT2D eigenvalue weighted by atomic mass is 32.2. The molecule has 2 aliphatic heterocycles. The van der Waals surface area contributed by atoms with Crippen molar-refractivity contribution in [2.45, 2.75) is 17.7 Å². The Morgan fingerprint density at radius 2 is 2.25 bits per heavy atom. The third-order valence-electron chi connectivity index (χ3n) is 2.81. The van der Waals surface area contributed by atoms with Gasteiger partial charge in [-0.05, 0) is 6.42 Å². The summed E-state index contributed by atoms with van der Waals surface area (Å²) in [7, 11) is -2.76. The first kappa shape index (κ1) is 8.47. The number of sulfone groups is 1. The van der Waals surface area contributed by atoms with Gasteiger partial charge < -0.3 is 5.11 Å². The summed E-state index contributed by atoms with van der Waals surface area (Å²) in [6.45, 7) is 1.38. The van der Waals surface area contributed by atoms with Crippen LogP contribution in [0.2, 0.25) is 0 Å². The quantitative estimate of drug-likeness (QED) is 0.599. The van der Waals surface area contributed by atoms with Gasteiger partial charge in [0.15, 0.2) is 9.84 Å². The maximum absolute atomic E-state index is 11.3. The maximum Gasteiger partial charge on any atom is 0.156 e. The van der Waals surface area contributed by atoms with E-state index in [4.69, 9.17) is 5.11 Å². The van der Waals surface area contributed by atoms with Crippen molar-refractivity contribution < 1.29 is 13.5 Å². The molecule has 4 nitrogen and oxygen atoms in total. The molecule has 0 radical (unpaired) electrons. The number of fused-ring (bicyclic) bond motifs is 2. The Bertz CT molecular complexity index is 274. The van der Waals surface area contributed by atoms with E-state index in [1.165, 1.54) is 0 Å². The van der Waals surface area contributed by atoms with Crippen LogP contribution in [0.15, 0.2) is 0 Å². The molecule has 5 heteroatoms. The van der Waals surface area contributed by atoms with Crippen LogP contribution in [0.25, 0.3) is 0 Å². The number of likely N-dealkylation sites (tertiary alicyclic amines) is 1. The zero-order chi connectivity index (χ0) is 8.77. The van der Waals surface area contributed by atoms with E-state index in [9.17, 15) is 8.42 Å². The summed E-state index contributed by atoms with van der Waals surface area (Å²) in [5, 5.41) is 8.55. The van der Waals surface area contributed by atoms with Gasteiger partial charge in [-0.1, -0.05) is 0 Å². The average Bonchev–Trinajstić information content (AvgIpc) is 2.44. The van der Waals surface area contributed by atoms with Gasteiger partial charge in [0.25, 0.3) is 0 Å². The van der Waals surface area contributed by atoms with Crippen LogP contribution in [-0.4, -0.2) is 55.2 Å². The Hall–Kier alpha value is -0.130. The van der Waals surface area contributed by atoms with Crippen LogP contribution < -0.4 is 0 Å². The van der Waals surface area contributed by atoms with Crippen molar-refractivity contribution in [3.8, 4) is 0 Å². The maximum atomic E-state index is 11.3. The molecular weight excluding hydrogens is 178 g/mol. The summed E-state index contributed by atoms with van der Waals surface area (Å²) >= 11 is 0. The second kappa shape index (κ2) is 2.68. The molecule has 1 N–H and O–H groups in total. The lowest BCUT2D eigenvalue weighted by Gasteiger charge is -2.25. The fraction of sp³-hybridized carbons (Fsp3) is 1.00. The van der Waals surface area contributed by atoms with Gasteiger partial charge in [0.2, 0.25) is 0 Å². The van der Waals surface area contributed by atoms with E-state index in [0.717, 1.165) is 6.42 Å². The predicted molar refractivity (Wildman–Crippen MR) is 44.6 cm³/mol. The first-order valence-electron chi connectivity index (χ1n) is 4.20. The highest BCUT2D eigenvalue weighted by Crippen LogP contribution is 2.32. The summed E-state index contributed by atoms with van der Waals surface area (Å²) in [6.07, 6.45) is 0.780. The molecule has 0 spiro atoms. The molecule has 0 aromatic carbocycles. The number of hydrogen-bond donors (Lipinski definition) is 1. The molecule has 0 aliphatic carbocycles. The Labute approximate surface area is 72.1 Å². The Balaban J connectivity index is 2.08. The molecule has 0 saturated carbocycles. The number of aliphatic hydroxyl groups excluding tert-OH is 1. The summed E-state index contributed by atoms with van der Waals surface area (Å²) in [5.74, 6) is 0.303. The van der Waals surface area contributed by atoms with Gasteiger partial charge >= 0.3 is 0 Å². The van der Waals surface area contributed by atoms with Gasteiger partial charge in [-0.3, -0.25) is 4.90 Å². The van der Waals surface area contributed by atoms with E-state index in [2.05, 4.69) is 4.90 Å². The van der Waals surface area contributed by atoms with E-state index in [-0.39, 0.29) is 17.9 Å². The van der Waals surface area contributed by atoms with E-state index in [0.29, 0.717) is 18.8 Å². The van der Waals surface area contributed by atoms with Crippen LogP contribution in [0.1, 0.15) is 6.42 Å². The lowest BCUT2D eigenvalue weighted by Crippen LogP contribution is -2.41. The summed E-state index contributed by atoms with van der Waals surface area (Å²) in [5.41, 5.74) is 0. The lowest BCUT2D eigenvalue weighted by atomic mass is 10.2. The first-order chi connectivity index (χ1) is 5.63. The average molecular weight is 191 g/mol. The van der Waals surface area contributed by atoms with Crippen molar-refractivity contribution >= 4 is 9.84 Å². The molecule has 2 rings (SSSR count). The largest absolute Gasteiger partial charge is 0.395 e. The Morgan fingerprint density at radius 3 is 2.67 bits per heavy atom. The second-order valence-electron chi connectivity index (χ2n) is 3.56. The fourth-order valence-corrected chi connectivity index (χ4v) is 4.27. The molecule has 2 atom stereocenters. The molecule has 0 aromatic rings. The van der Waals surface area contributed by atoms with Gasteiger partial charge in [0.05, 0.1) is 17.6 Å². The van der Waals surface area contributed by atoms with Crippen molar-refractivity contribution in [1.82, 2.24) is 4.90 Å². The summed E-state index contributed by atoms with van der Waals surface area (Å²) in [4.78, 5) is 2.08. The van der Waals surface area contributed by atoms with Crippen LogP contribution in [0.3, 0.4) is 0 Å². The third-order valence-corrected chi connectivity index (χ3v) is 5.02. The molecule has 2 saturated heterocycles. The van der Waals surface area contributed by atoms with Crippen LogP contribution in [-0.2, 0) is 9.84 Å². The zero-order valence-corrected chi connectivity index (χ0v) is 7.63. The first-order valence-corrected chi connectivity index (χ1v) is 5.91. The second-order valence-corrected chi connectivity index (χ2v) is 5.89. The van der Waals surface area contributed by atoms with Gasteiger partial charge in [0.1, 0.15) is 0 Å². The summed E-state index contributed by atoms with van der Waals surface area (Å²) < 4.78 is 22.6. The minimum Gasteiger partial charge on any atom is -0.395 e. The molecule has 2 aliphatic rings. The van der Waals surface area contributed by atoms with Crippen molar-refractivity contribution in [1.29, 1.82) is 0 Å². The van der Waals surface area contributed by atoms with E-state index >= 15 is 0 Å². The standard InChI is InChI=1S/C7H13NO3S/c9-2-1-8-4-7-3-6(8)5-12(7,10)11/h6-7,9H,1-5H2. The molecule has 2 heterocycles. The molecular formula is C7H13NO3S. The minimum atomic E-state index is -2.76. The van der Waals surface area contributed by atoms with Gasteiger partial charge in [-0.25, -0.2) is 8.42 Å². The number of nitrogens with zero attached hydrogens (tertiary/aromatic N) is 1. The van der Waals surface area contributed by atoms with Crippen LogP contribution in [0, 0.1) is 0 Å². The number of β-amino-alcohol motifs (C(OH)–C–C–N with tert-alkyl or cyclic N) is 1. The van der Waals surface area contributed by atoms with Crippen LogP contribution >= 0.6 is 0 Å². The number of hydrogen-bond acceptors (Lipinski definition) is 4. The topological polar surface area (TPSA) is 57.6 Å². The third kappa shape index (κ3) is 1.16. The van der Waals surface area contributed by atoms with Gasteiger partial charge in [-0.15, -0.1) is 0 Å². The van der Waals surface area contributed by atoms with Crippen LogP contribution in [0.4, 0.5) is 0 Å². The van der Waals surface area contributed by atoms with E-state index in [1.807, 2.05) is 0 Å². The van der Waals surface area contributed by atoms with Crippen molar-refractivity contribution in [2.24, 2.45) is 0 Å². The normalized spacial score (nSPS) is 39.1. The molecule has 0 amide bonds. The highest BCUT2D eigenvalue weighted by Gasteiger charge is 2.47.